The largest absolute Gasteiger partial charge is 0.481 e. The molecule has 2 aromatic rings. The van der Waals surface area contributed by atoms with Crippen molar-refractivity contribution in [2.45, 2.75) is 25.3 Å². The van der Waals surface area contributed by atoms with Crippen molar-refractivity contribution in [2.75, 3.05) is 0 Å². The smallest absolute Gasteiger partial charge is 0.305 e. The molecule has 1 unspecified atom stereocenters. The molecule has 1 fully saturated rings. The maximum absolute atomic E-state index is 11.0. The van der Waals surface area contributed by atoms with E-state index >= 15 is 0 Å². The van der Waals surface area contributed by atoms with Gasteiger partial charge in [0.1, 0.15) is 0 Å². The Bertz CT molecular complexity index is 639. The average Bonchev–Trinajstić information content (AvgIpc) is 3.12. The minimum Gasteiger partial charge on any atom is -0.481 e. The summed E-state index contributed by atoms with van der Waals surface area (Å²) in [5, 5.41) is 20.9. The van der Waals surface area contributed by atoms with Crippen LogP contribution in [0.3, 0.4) is 0 Å². The van der Waals surface area contributed by atoms with E-state index in [0.717, 1.165) is 22.9 Å². The van der Waals surface area contributed by atoms with E-state index in [2.05, 4.69) is 31.5 Å². The van der Waals surface area contributed by atoms with Gasteiger partial charge in [-0.05, 0) is 41.3 Å². The zero-order chi connectivity index (χ0) is 14.1. The van der Waals surface area contributed by atoms with Crippen molar-refractivity contribution in [3.05, 3.63) is 28.7 Å². The molecule has 0 saturated heterocycles. The van der Waals surface area contributed by atoms with Crippen LogP contribution in [0.1, 0.15) is 25.3 Å². The molecule has 20 heavy (non-hydrogen) atoms. The van der Waals surface area contributed by atoms with Crippen molar-refractivity contribution in [3.63, 3.8) is 0 Å². The number of tetrazole rings is 1. The highest BCUT2D eigenvalue weighted by Crippen LogP contribution is 2.42. The maximum Gasteiger partial charge on any atom is 0.305 e. The fourth-order valence-corrected chi connectivity index (χ4v) is 2.75. The lowest BCUT2D eigenvalue weighted by molar-refractivity contribution is -0.138. The monoisotopic (exact) mass is 336 g/mol. The fourth-order valence-electron chi connectivity index (χ4n) is 2.35. The van der Waals surface area contributed by atoms with Crippen LogP contribution in [0.2, 0.25) is 0 Å². The first kappa shape index (κ1) is 13.2. The van der Waals surface area contributed by atoms with Crippen molar-refractivity contribution in [3.8, 4) is 11.4 Å². The van der Waals surface area contributed by atoms with Gasteiger partial charge in [-0.3, -0.25) is 4.79 Å². The number of carboxylic acid groups (broad SMARTS) is 1. The van der Waals surface area contributed by atoms with Gasteiger partial charge in [0.15, 0.2) is 5.82 Å². The van der Waals surface area contributed by atoms with Gasteiger partial charge in [0.25, 0.3) is 0 Å². The standard InChI is InChI=1S/C13H13BrN4O2/c14-10-3-1-2-9(6-10)13-15-16-17-18(13)11(7-12(19)20)8-4-5-8/h1-3,6,8,11H,4-5,7H2,(H,19,20). The zero-order valence-corrected chi connectivity index (χ0v) is 12.2. The normalized spacial score (nSPS) is 16.1. The van der Waals surface area contributed by atoms with Crippen LogP contribution in [0.25, 0.3) is 11.4 Å². The van der Waals surface area contributed by atoms with Crippen LogP contribution in [-0.4, -0.2) is 31.3 Å². The third-order valence-electron chi connectivity index (χ3n) is 3.44. The second-order valence-corrected chi connectivity index (χ2v) is 5.88. The van der Waals surface area contributed by atoms with Crippen molar-refractivity contribution in [1.29, 1.82) is 0 Å². The predicted molar refractivity (Wildman–Crippen MR) is 75.0 cm³/mol. The Labute approximate surface area is 123 Å². The summed E-state index contributed by atoms with van der Waals surface area (Å²) in [6.07, 6.45) is 2.13. The molecule has 0 amide bonds. The lowest BCUT2D eigenvalue weighted by Gasteiger charge is -2.15. The first-order chi connectivity index (χ1) is 9.65. The summed E-state index contributed by atoms with van der Waals surface area (Å²) in [5.74, 6) is 0.155. The van der Waals surface area contributed by atoms with Gasteiger partial charge in [0.2, 0.25) is 0 Å². The number of benzene rings is 1. The topological polar surface area (TPSA) is 80.9 Å². The van der Waals surface area contributed by atoms with Crippen molar-refractivity contribution >= 4 is 21.9 Å². The molecule has 0 spiro atoms. The number of carbonyl (C=O) groups is 1. The molecule has 0 bridgehead atoms. The lowest BCUT2D eigenvalue weighted by Crippen LogP contribution is -2.18. The van der Waals surface area contributed by atoms with E-state index in [-0.39, 0.29) is 12.5 Å². The molecule has 1 aromatic carbocycles. The Morgan fingerprint density at radius 3 is 2.95 bits per heavy atom. The number of nitrogens with zero attached hydrogens (tertiary/aromatic N) is 4. The summed E-state index contributed by atoms with van der Waals surface area (Å²) < 4.78 is 2.60. The molecular formula is C13H13BrN4O2. The summed E-state index contributed by atoms with van der Waals surface area (Å²) in [7, 11) is 0. The summed E-state index contributed by atoms with van der Waals surface area (Å²) in [4.78, 5) is 11.0. The number of rotatable bonds is 5. The molecule has 1 atom stereocenters. The highest BCUT2D eigenvalue weighted by Gasteiger charge is 2.36. The van der Waals surface area contributed by atoms with Gasteiger partial charge in [-0.15, -0.1) is 5.10 Å². The molecule has 7 heteroatoms. The Balaban J connectivity index is 1.98. The molecule has 3 rings (SSSR count). The number of aromatic nitrogens is 4. The van der Waals surface area contributed by atoms with Crippen LogP contribution in [0, 0.1) is 5.92 Å². The van der Waals surface area contributed by atoms with Gasteiger partial charge in [-0.25, -0.2) is 4.68 Å². The number of hydrogen-bond donors (Lipinski definition) is 1. The quantitative estimate of drug-likeness (QED) is 0.907. The van der Waals surface area contributed by atoms with Crippen LogP contribution in [-0.2, 0) is 4.79 Å². The van der Waals surface area contributed by atoms with Gasteiger partial charge in [-0.1, -0.05) is 28.1 Å². The van der Waals surface area contributed by atoms with Gasteiger partial charge in [0.05, 0.1) is 12.5 Å². The third-order valence-corrected chi connectivity index (χ3v) is 3.93. The van der Waals surface area contributed by atoms with Crippen LogP contribution < -0.4 is 0 Å². The number of aliphatic carboxylic acids is 1. The number of carboxylic acids is 1. The molecule has 104 valence electrons. The third kappa shape index (κ3) is 2.72. The first-order valence-electron chi connectivity index (χ1n) is 6.41. The van der Waals surface area contributed by atoms with E-state index in [1.807, 2.05) is 24.3 Å². The van der Waals surface area contributed by atoms with Gasteiger partial charge < -0.3 is 5.11 Å². The van der Waals surface area contributed by atoms with Crippen molar-refractivity contribution in [2.24, 2.45) is 5.92 Å². The average molecular weight is 337 g/mol. The SMILES string of the molecule is O=C(O)CC(C1CC1)n1nnnc1-c1cccc(Br)c1. The second-order valence-electron chi connectivity index (χ2n) is 4.96. The van der Waals surface area contributed by atoms with Crippen LogP contribution in [0.5, 0.6) is 0 Å². The minimum atomic E-state index is -0.822. The molecule has 1 aromatic heterocycles. The van der Waals surface area contributed by atoms with E-state index in [9.17, 15) is 4.79 Å². The fraction of sp³-hybridized carbons (Fsp3) is 0.385. The Morgan fingerprint density at radius 2 is 2.30 bits per heavy atom. The van der Waals surface area contributed by atoms with Crippen molar-refractivity contribution < 1.29 is 9.90 Å². The molecular weight excluding hydrogens is 324 g/mol. The van der Waals surface area contributed by atoms with E-state index in [1.165, 1.54) is 0 Å². The predicted octanol–water partition coefficient (Wildman–Crippen LogP) is 2.53. The highest BCUT2D eigenvalue weighted by atomic mass is 79.9. The van der Waals surface area contributed by atoms with Crippen LogP contribution in [0.4, 0.5) is 0 Å². The first-order valence-corrected chi connectivity index (χ1v) is 7.20. The summed E-state index contributed by atoms with van der Waals surface area (Å²) in [5.41, 5.74) is 0.875. The molecule has 1 saturated carbocycles. The Kier molecular flexibility index (Phi) is 3.52. The number of halogens is 1. The molecule has 0 radical (unpaired) electrons. The van der Waals surface area contributed by atoms with Gasteiger partial charge in [-0.2, -0.15) is 0 Å². The van der Waals surface area contributed by atoms with E-state index in [1.54, 1.807) is 4.68 Å². The lowest BCUT2D eigenvalue weighted by atomic mass is 10.1. The zero-order valence-electron chi connectivity index (χ0n) is 10.6. The second kappa shape index (κ2) is 5.32. The molecule has 1 N–H and O–H groups in total. The van der Waals surface area contributed by atoms with Crippen LogP contribution in [0.15, 0.2) is 28.7 Å². The van der Waals surface area contributed by atoms with Gasteiger partial charge in [0, 0.05) is 10.0 Å². The highest BCUT2D eigenvalue weighted by molar-refractivity contribution is 9.10. The van der Waals surface area contributed by atoms with Crippen molar-refractivity contribution in [1.82, 2.24) is 20.2 Å². The van der Waals surface area contributed by atoms with E-state index in [4.69, 9.17) is 5.11 Å². The molecule has 1 aliphatic rings. The number of hydrogen-bond acceptors (Lipinski definition) is 4. The Morgan fingerprint density at radius 1 is 1.50 bits per heavy atom. The molecule has 6 nitrogen and oxygen atoms in total. The molecule has 1 aliphatic carbocycles. The van der Waals surface area contributed by atoms with E-state index in [0.29, 0.717) is 11.7 Å². The summed E-state index contributed by atoms with van der Waals surface area (Å²) in [6.45, 7) is 0. The molecule has 1 heterocycles. The maximum atomic E-state index is 11.0. The summed E-state index contributed by atoms with van der Waals surface area (Å²) in [6, 6.07) is 7.50. The summed E-state index contributed by atoms with van der Waals surface area (Å²) >= 11 is 3.42. The van der Waals surface area contributed by atoms with Gasteiger partial charge >= 0.3 is 5.97 Å². The Hall–Kier alpha value is -1.76. The van der Waals surface area contributed by atoms with Crippen LogP contribution >= 0.6 is 15.9 Å². The molecule has 0 aliphatic heterocycles. The van der Waals surface area contributed by atoms with E-state index < -0.39 is 5.97 Å². The minimum absolute atomic E-state index is 0.0523.